The van der Waals surface area contributed by atoms with Gasteiger partial charge in [0.2, 0.25) is 0 Å². The molecule has 20 heavy (non-hydrogen) atoms. The number of aryl methyl sites for hydroxylation is 1. The molecule has 0 aliphatic carbocycles. The number of halogens is 1. The molecule has 0 aliphatic rings. The Balaban J connectivity index is 2.04. The van der Waals surface area contributed by atoms with Crippen molar-refractivity contribution in [3.8, 4) is 0 Å². The summed E-state index contributed by atoms with van der Waals surface area (Å²) in [6, 6.07) is 7.42. The zero-order valence-electron chi connectivity index (χ0n) is 11.4. The van der Waals surface area contributed by atoms with Gasteiger partial charge in [0.15, 0.2) is 0 Å². The molecule has 0 spiro atoms. The second-order valence-corrected chi connectivity index (χ2v) is 7.17. The highest BCUT2D eigenvalue weighted by atomic mass is 79.9. The first-order valence-corrected chi connectivity index (χ1v) is 7.87. The Morgan fingerprint density at radius 1 is 1.35 bits per heavy atom. The van der Waals surface area contributed by atoms with Crippen molar-refractivity contribution in [1.82, 2.24) is 4.90 Å². The van der Waals surface area contributed by atoms with Crippen LogP contribution in [0, 0.1) is 6.92 Å². The van der Waals surface area contributed by atoms with Gasteiger partial charge in [-0.25, -0.2) is 4.79 Å². The minimum atomic E-state index is -0.879. The van der Waals surface area contributed by atoms with Crippen molar-refractivity contribution in [1.29, 1.82) is 0 Å². The van der Waals surface area contributed by atoms with E-state index < -0.39 is 5.97 Å². The fourth-order valence-electron chi connectivity index (χ4n) is 2.09. The van der Waals surface area contributed by atoms with Gasteiger partial charge in [-0.1, -0.05) is 6.07 Å². The third kappa shape index (κ3) is 3.91. The smallest absolute Gasteiger partial charge is 0.335 e. The molecule has 0 unspecified atom stereocenters. The number of thiophene rings is 1. The van der Waals surface area contributed by atoms with E-state index in [-0.39, 0.29) is 0 Å². The van der Waals surface area contributed by atoms with E-state index in [1.807, 2.05) is 13.0 Å². The summed E-state index contributed by atoms with van der Waals surface area (Å²) in [5.74, 6) is -0.879. The molecule has 5 heteroatoms. The van der Waals surface area contributed by atoms with Gasteiger partial charge in [0, 0.05) is 13.1 Å². The first-order valence-electron chi connectivity index (χ1n) is 6.20. The molecule has 2 rings (SSSR count). The number of carboxylic acids is 1. The van der Waals surface area contributed by atoms with Crippen LogP contribution in [-0.2, 0) is 13.1 Å². The monoisotopic (exact) mass is 353 g/mol. The van der Waals surface area contributed by atoms with Crippen molar-refractivity contribution in [2.24, 2.45) is 0 Å². The Kier molecular flexibility index (Phi) is 4.96. The SMILES string of the molecule is Cc1cc(C(=O)O)ccc1CN(C)Cc1csc(Br)c1. The molecular formula is C15H16BrNO2S. The first kappa shape index (κ1) is 15.2. The fourth-order valence-corrected chi connectivity index (χ4v) is 3.29. The summed E-state index contributed by atoms with van der Waals surface area (Å²) < 4.78 is 1.14. The largest absolute Gasteiger partial charge is 0.478 e. The van der Waals surface area contributed by atoms with E-state index in [1.54, 1.807) is 23.5 Å². The van der Waals surface area contributed by atoms with E-state index in [9.17, 15) is 4.79 Å². The minimum Gasteiger partial charge on any atom is -0.478 e. The van der Waals surface area contributed by atoms with E-state index in [0.717, 1.165) is 28.0 Å². The molecule has 0 saturated heterocycles. The lowest BCUT2D eigenvalue weighted by Gasteiger charge is -2.17. The predicted octanol–water partition coefficient (Wildman–Crippen LogP) is 4.15. The molecule has 2 aromatic rings. The topological polar surface area (TPSA) is 40.5 Å². The number of benzene rings is 1. The molecule has 0 saturated carbocycles. The van der Waals surface area contributed by atoms with Crippen molar-refractivity contribution in [2.75, 3.05) is 7.05 Å². The van der Waals surface area contributed by atoms with Gasteiger partial charge in [-0.2, -0.15) is 0 Å². The predicted molar refractivity (Wildman–Crippen MR) is 85.3 cm³/mol. The van der Waals surface area contributed by atoms with Crippen LogP contribution in [0.2, 0.25) is 0 Å². The van der Waals surface area contributed by atoms with Gasteiger partial charge in [-0.3, -0.25) is 4.90 Å². The van der Waals surface area contributed by atoms with Gasteiger partial charge < -0.3 is 5.11 Å². The zero-order chi connectivity index (χ0) is 14.7. The Bertz CT molecular complexity index is 624. The summed E-state index contributed by atoms with van der Waals surface area (Å²) in [5.41, 5.74) is 3.80. The lowest BCUT2D eigenvalue weighted by molar-refractivity contribution is 0.0697. The molecule has 3 nitrogen and oxygen atoms in total. The molecule has 0 fully saturated rings. The summed E-state index contributed by atoms with van der Waals surface area (Å²) in [7, 11) is 2.07. The number of hydrogen-bond acceptors (Lipinski definition) is 3. The quantitative estimate of drug-likeness (QED) is 0.877. The molecule has 106 valence electrons. The van der Waals surface area contributed by atoms with E-state index in [2.05, 4.69) is 39.3 Å². The fraction of sp³-hybridized carbons (Fsp3) is 0.267. The highest BCUT2D eigenvalue weighted by Crippen LogP contribution is 2.22. The van der Waals surface area contributed by atoms with Crippen molar-refractivity contribution in [3.05, 3.63) is 55.7 Å². The van der Waals surface area contributed by atoms with Gasteiger partial charge in [-0.05, 0) is 70.2 Å². The van der Waals surface area contributed by atoms with E-state index >= 15 is 0 Å². The van der Waals surface area contributed by atoms with Gasteiger partial charge in [-0.15, -0.1) is 11.3 Å². The molecule has 0 radical (unpaired) electrons. The average molecular weight is 354 g/mol. The molecular weight excluding hydrogens is 338 g/mol. The van der Waals surface area contributed by atoms with E-state index in [1.165, 1.54) is 5.56 Å². The van der Waals surface area contributed by atoms with Crippen LogP contribution in [0.3, 0.4) is 0 Å². The van der Waals surface area contributed by atoms with Crippen molar-refractivity contribution < 1.29 is 9.90 Å². The van der Waals surface area contributed by atoms with Crippen LogP contribution in [-0.4, -0.2) is 23.0 Å². The van der Waals surface area contributed by atoms with Crippen LogP contribution in [0.15, 0.2) is 33.4 Å². The summed E-state index contributed by atoms with van der Waals surface area (Å²) in [6.45, 7) is 3.64. The Hall–Kier alpha value is -1.17. The maximum atomic E-state index is 10.9. The maximum Gasteiger partial charge on any atom is 0.335 e. The molecule has 1 aromatic carbocycles. The minimum absolute atomic E-state index is 0.343. The van der Waals surface area contributed by atoms with Gasteiger partial charge in [0.05, 0.1) is 9.35 Å². The normalized spacial score (nSPS) is 11.0. The summed E-state index contributed by atoms with van der Waals surface area (Å²) in [6.07, 6.45) is 0. The Morgan fingerprint density at radius 3 is 2.65 bits per heavy atom. The Labute approximate surface area is 131 Å². The second-order valence-electron chi connectivity index (χ2n) is 4.88. The van der Waals surface area contributed by atoms with E-state index in [0.29, 0.717) is 5.56 Å². The second kappa shape index (κ2) is 6.52. The molecule has 1 heterocycles. The van der Waals surface area contributed by atoms with Crippen molar-refractivity contribution in [3.63, 3.8) is 0 Å². The average Bonchev–Trinajstić information content (AvgIpc) is 2.77. The number of carbonyl (C=O) groups is 1. The molecule has 1 aromatic heterocycles. The van der Waals surface area contributed by atoms with Gasteiger partial charge >= 0.3 is 5.97 Å². The lowest BCUT2D eigenvalue weighted by atomic mass is 10.0. The number of hydrogen-bond donors (Lipinski definition) is 1. The number of aromatic carboxylic acids is 1. The standard InChI is InChI=1S/C15H16BrNO2S/c1-10-5-12(15(18)19)3-4-13(10)8-17(2)7-11-6-14(16)20-9-11/h3-6,9H,7-8H2,1-2H3,(H,18,19). The summed E-state index contributed by atoms with van der Waals surface area (Å²) >= 11 is 5.15. The molecule has 0 aliphatic heterocycles. The maximum absolute atomic E-state index is 10.9. The number of nitrogens with zero attached hydrogens (tertiary/aromatic N) is 1. The number of rotatable bonds is 5. The van der Waals surface area contributed by atoms with Crippen LogP contribution in [0.5, 0.6) is 0 Å². The van der Waals surface area contributed by atoms with E-state index in [4.69, 9.17) is 5.11 Å². The molecule has 0 bridgehead atoms. The van der Waals surface area contributed by atoms with Crippen LogP contribution in [0.25, 0.3) is 0 Å². The molecule has 1 N–H and O–H groups in total. The highest BCUT2D eigenvalue weighted by molar-refractivity contribution is 9.11. The van der Waals surface area contributed by atoms with Crippen LogP contribution < -0.4 is 0 Å². The zero-order valence-corrected chi connectivity index (χ0v) is 13.8. The Morgan fingerprint density at radius 2 is 2.10 bits per heavy atom. The third-order valence-electron chi connectivity index (χ3n) is 3.10. The number of carboxylic acid groups (broad SMARTS) is 1. The van der Waals surface area contributed by atoms with Gasteiger partial charge in [0.1, 0.15) is 0 Å². The molecule has 0 atom stereocenters. The van der Waals surface area contributed by atoms with Crippen LogP contribution in [0.4, 0.5) is 0 Å². The van der Waals surface area contributed by atoms with Gasteiger partial charge in [0.25, 0.3) is 0 Å². The first-order chi connectivity index (χ1) is 9.45. The summed E-state index contributed by atoms with van der Waals surface area (Å²) in [5, 5.41) is 11.1. The van der Waals surface area contributed by atoms with Crippen LogP contribution >= 0.6 is 27.3 Å². The summed E-state index contributed by atoms with van der Waals surface area (Å²) in [4.78, 5) is 13.1. The molecule has 0 amide bonds. The highest BCUT2D eigenvalue weighted by Gasteiger charge is 2.08. The van der Waals surface area contributed by atoms with Crippen molar-refractivity contribution in [2.45, 2.75) is 20.0 Å². The third-order valence-corrected chi connectivity index (χ3v) is 4.66. The van der Waals surface area contributed by atoms with Crippen LogP contribution in [0.1, 0.15) is 27.0 Å². The van der Waals surface area contributed by atoms with Crippen molar-refractivity contribution >= 4 is 33.2 Å². The lowest BCUT2D eigenvalue weighted by Crippen LogP contribution is -2.17.